The van der Waals surface area contributed by atoms with E-state index in [4.69, 9.17) is 9.47 Å². The zero-order chi connectivity index (χ0) is 19.1. The average molecular weight is 389 g/mol. The number of guanidine groups is 1. The lowest BCUT2D eigenvalue weighted by molar-refractivity contribution is 0.166. The van der Waals surface area contributed by atoms with Crippen LogP contribution in [-0.4, -0.2) is 37.8 Å². The second-order valence-electron chi connectivity index (χ2n) is 6.80. The molecule has 0 bridgehead atoms. The van der Waals surface area contributed by atoms with E-state index in [0.717, 1.165) is 41.9 Å². The Labute approximate surface area is 165 Å². The first-order chi connectivity index (χ1) is 13.1. The normalized spacial score (nSPS) is 17.1. The molecule has 3 rings (SSSR count). The van der Waals surface area contributed by atoms with Crippen LogP contribution in [0.4, 0.5) is 0 Å². The highest BCUT2D eigenvalue weighted by Gasteiger charge is 2.17. The predicted molar refractivity (Wildman–Crippen MR) is 109 cm³/mol. The molecule has 2 aromatic rings. The van der Waals surface area contributed by atoms with Gasteiger partial charge in [0.2, 0.25) is 0 Å². The number of nitrogens with zero attached hydrogens (tertiary/aromatic N) is 2. The standard InChI is InChI=1S/C20H28N4O2S/c1-14-4-5-17(18(8-14)26-13-16-6-7-25-12-16)10-23-20(21-3)24-11-19-22-9-15(2)27-19/h4-5,8-9,16H,6-7,10-13H2,1-3H3,(H2,21,23,24). The number of aryl methyl sites for hydroxylation is 2. The van der Waals surface area contributed by atoms with Crippen LogP contribution in [0.15, 0.2) is 29.4 Å². The Morgan fingerprint density at radius 2 is 2.19 bits per heavy atom. The molecule has 1 aromatic carbocycles. The number of hydrogen-bond donors (Lipinski definition) is 2. The Bertz CT molecular complexity index is 769. The highest BCUT2D eigenvalue weighted by Crippen LogP contribution is 2.22. The van der Waals surface area contributed by atoms with E-state index in [2.05, 4.69) is 52.7 Å². The molecule has 146 valence electrons. The summed E-state index contributed by atoms with van der Waals surface area (Å²) in [7, 11) is 1.77. The van der Waals surface area contributed by atoms with Gasteiger partial charge in [-0.2, -0.15) is 0 Å². The SMILES string of the molecule is CN=C(NCc1ncc(C)s1)NCc1ccc(C)cc1OCC1CCOC1. The number of ether oxygens (including phenoxy) is 2. The van der Waals surface area contributed by atoms with Gasteiger partial charge in [-0.25, -0.2) is 4.98 Å². The molecule has 0 saturated carbocycles. The van der Waals surface area contributed by atoms with Crippen LogP contribution in [0.5, 0.6) is 5.75 Å². The molecular formula is C20H28N4O2S. The highest BCUT2D eigenvalue weighted by atomic mass is 32.1. The van der Waals surface area contributed by atoms with Gasteiger partial charge in [-0.05, 0) is 31.9 Å². The monoisotopic (exact) mass is 388 g/mol. The van der Waals surface area contributed by atoms with Crippen molar-refractivity contribution in [2.24, 2.45) is 10.9 Å². The minimum Gasteiger partial charge on any atom is -0.493 e. The molecule has 1 aromatic heterocycles. The number of thiazole rings is 1. The Kier molecular flexibility index (Phi) is 7.06. The molecule has 0 amide bonds. The van der Waals surface area contributed by atoms with Crippen molar-refractivity contribution in [3.05, 3.63) is 45.4 Å². The van der Waals surface area contributed by atoms with Gasteiger partial charge < -0.3 is 20.1 Å². The van der Waals surface area contributed by atoms with Gasteiger partial charge in [0.25, 0.3) is 0 Å². The first-order valence-electron chi connectivity index (χ1n) is 9.30. The van der Waals surface area contributed by atoms with Crippen LogP contribution in [-0.2, 0) is 17.8 Å². The zero-order valence-corrected chi connectivity index (χ0v) is 17.1. The molecule has 0 radical (unpaired) electrons. The van der Waals surface area contributed by atoms with Gasteiger partial charge in [0.05, 0.1) is 19.8 Å². The maximum Gasteiger partial charge on any atom is 0.191 e. The van der Waals surface area contributed by atoms with Gasteiger partial charge in [0.15, 0.2) is 5.96 Å². The summed E-state index contributed by atoms with van der Waals surface area (Å²) in [6.07, 6.45) is 2.97. The maximum absolute atomic E-state index is 6.11. The topological polar surface area (TPSA) is 67.8 Å². The third-order valence-corrected chi connectivity index (χ3v) is 5.38. The third-order valence-electron chi connectivity index (χ3n) is 4.47. The van der Waals surface area contributed by atoms with Crippen molar-refractivity contribution in [3.63, 3.8) is 0 Å². The summed E-state index contributed by atoms with van der Waals surface area (Å²) in [4.78, 5) is 9.88. The van der Waals surface area contributed by atoms with Crippen molar-refractivity contribution in [3.8, 4) is 5.75 Å². The van der Waals surface area contributed by atoms with Crippen molar-refractivity contribution in [1.82, 2.24) is 15.6 Å². The van der Waals surface area contributed by atoms with Gasteiger partial charge >= 0.3 is 0 Å². The van der Waals surface area contributed by atoms with Crippen LogP contribution in [0, 0.1) is 19.8 Å². The quantitative estimate of drug-likeness (QED) is 0.564. The molecule has 1 fully saturated rings. The van der Waals surface area contributed by atoms with Gasteiger partial charge in [-0.3, -0.25) is 4.99 Å². The fourth-order valence-corrected chi connectivity index (χ4v) is 3.63. The van der Waals surface area contributed by atoms with E-state index < -0.39 is 0 Å². The van der Waals surface area contributed by atoms with E-state index in [9.17, 15) is 0 Å². The van der Waals surface area contributed by atoms with Gasteiger partial charge in [-0.1, -0.05) is 12.1 Å². The first-order valence-corrected chi connectivity index (χ1v) is 10.1. The number of benzene rings is 1. The molecule has 0 aliphatic carbocycles. The summed E-state index contributed by atoms with van der Waals surface area (Å²) in [6.45, 7) is 7.80. The number of aliphatic imine (C=N–C) groups is 1. The Morgan fingerprint density at radius 1 is 1.33 bits per heavy atom. The van der Waals surface area contributed by atoms with E-state index in [-0.39, 0.29) is 0 Å². The molecule has 2 heterocycles. The Hall–Kier alpha value is -2.12. The summed E-state index contributed by atoms with van der Waals surface area (Å²) in [6, 6.07) is 6.32. The average Bonchev–Trinajstić information content (AvgIpc) is 3.33. The molecule has 1 aliphatic heterocycles. The second-order valence-corrected chi connectivity index (χ2v) is 8.12. The minimum absolute atomic E-state index is 0.488. The van der Waals surface area contributed by atoms with Crippen LogP contribution in [0.1, 0.15) is 27.4 Å². The summed E-state index contributed by atoms with van der Waals surface area (Å²) < 4.78 is 11.5. The summed E-state index contributed by atoms with van der Waals surface area (Å²) in [5.41, 5.74) is 2.31. The Morgan fingerprint density at radius 3 is 2.89 bits per heavy atom. The predicted octanol–water partition coefficient (Wildman–Crippen LogP) is 3.04. The van der Waals surface area contributed by atoms with Gasteiger partial charge in [0, 0.05) is 42.8 Å². The minimum atomic E-state index is 0.488. The highest BCUT2D eigenvalue weighted by molar-refractivity contribution is 7.11. The van der Waals surface area contributed by atoms with E-state index in [0.29, 0.717) is 25.6 Å². The summed E-state index contributed by atoms with van der Waals surface area (Å²) in [5, 5.41) is 7.72. The van der Waals surface area contributed by atoms with E-state index in [1.807, 2.05) is 6.20 Å². The van der Waals surface area contributed by atoms with Crippen molar-refractivity contribution < 1.29 is 9.47 Å². The van der Waals surface area contributed by atoms with Crippen LogP contribution in [0.2, 0.25) is 0 Å². The number of nitrogens with one attached hydrogen (secondary N) is 2. The molecule has 1 aliphatic rings. The fraction of sp³-hybridized carbons (Fsp3) is 0.500. The Balaban J connectivity index is 1.55. The molecule has 1 saturated heterocycles. The van der Waals surface area contributed by atoms with E-state index >= 15 is 0 Å². The largest absolute Gasteiger partial charge is 0.493 e. The number of rotatable bonds is 7. The lowest BCUT2D eigenvalue weighted by Gasteiger charge is -2.16. The second kappa shape index (κ2) is 9.71. The van der Waals surface area contributed by atoms with Gasteiger partial charge in [-0.15, -0.1) is 11.3 Å². The van der Waals surface area contributed by atoms with Crippen molar-refractivity contribution >= 4 is 17.3 Å². The number of hydrogen-bond acceptors (Lipinski definition) is 5. The van der Waals surface area contributed by atoms with Crippen LogP contribution in [0.3, 0.4) is 0 Å². The smallest absolute Gasteiger partial charge is 0.191 e. The third kappa shape index (κ3) is 5.94. The molecule has 1 atom stereocenters. The molecular weight excluding hydrogens is 360 g/mol. The molecule has 27 heavy (non-hydrogen) atoms. The molecule has 2 N–H and O–H groups in total. The van der Waals surface area contributed by atoms with E-state index in [1.165, 1.54) is 10.4 Å². The molecule has 6 nitrogen and oxygen atoms in total. The van der Waals surface area contributed by atoms with Gasteiger partial charge in [0.1, 0.15) is 10.8 Å². The summed E-state index contributed by atoms with van der Waals surface area (Å²) in [5.74, 6) is 2.17. The van der Waals surface area contributed by atoms with Crippen LogP contribution in [0.25, 0.3) is 0 Å². The van der Waals surface area contributed by atoms with Crippen molar-refractivity contribution in [2.75, 3.05) is 26.9 Å². The maximum atomic E-state index is 6.11. The van der Waals surface area contributed by atoms with Crippen LogP contribution < -0.4 is 15.4 Å². The molecule has 1 unspecified atom stereocenters. The zero-order valence-electron chi connectivity index (χ0n) is 16.2. The summed E-state index contributed by atoms with van der Waals surface area (Å²) >= 11 is 1.69. The lowest BCUT2D eigenvalue weighted by Crippen LogP contribution is -2.36. The lowest BCUT2D eigenvalue weighted by atomic mass is 10.1. The van der Waals surface area contributed by atoms with Crippen molar-refractivity contribution in [2.45, 2.75) is 33.4 Å². The van der Waals surface area contributed by atoms with Crippen molar-refractivity contribution in [1.29, 1.82) is 0 Å². The molecule has 7 heteroatoms. The molecule has 0 spiro atoms. The van der Waals surface area contributed by atoms with Crippen LogP contribution >= 0.6 is 11.3 Å². The fourth-order valence-electron chi connectivity index (χ4n) is 2.91. The number of aromatic nitrogens is 1. The van der Waals surface area contributed by atoms with E-state index in [1.54, 1.807) is 18.4 Å². The first kappa shape index (κ1) is 19.6.